The van der Waals surface area contributed by atoms with Gasteiger partial charge in [0.2, 0.25) is 0 Å². The summed E-state index contributed by atoms with van der Waals surface area (Å²) in [5, 5.41) is 0. The molecule has 2 saturated carbocycles. The standard InChI is InChI=1S/C35H42N4O/c40-35(33(29-19-11-5-12-20-29)38-23-31(36-25-38)27-15-7-1-2-8-16-27)34(30-21-13-6-14-22-30)39-24-32(37-26-39)28-17-9-3-4-10-18-28/h5-6,11-14,19-28,33-34H,1-4,7-10,15-18H2. The number of hydrogen-bond donors (Lipinski definition) is 0. The predicted octanol–water partition coefficient (Wildman–Crippen LogP) is 8.40. The summed E-state index contributed by atoms with van der Waals surface area (Å²) in [6.45, 7) is 0. The van der Waals surface area contributed by atoms with Crippen LogP contribution in [0, 0.1) is 0 Å². The lowest BCUT2D eigenvalue weighted by Gasteiger charge is -2.25. The van der Waals surface area contributed by atoms with Crippen molar-refractivity contribution < 1.29 is 4.79 Å². The third-order valence-corrected chi connectivity index (χ3v) is 9.16. The molecule has 208 valence electrons. The lowest BCUT2D eigenvalue weighted by molar-refractivity contribution is -0.123. The molecule has 2 aliphatic carbocycles. The quantitative estimate of drug-likeness (QED) is 0.213. The first-order valence-electron chi connectivity index (χ1n) is 15.5. The molecule has 5 nitrogen and oxygen atoms in total. The van der Waals surface area contributed by atoms with Crippen LogP contribution in [0.2, 0.25) is 0 Å². The van der Waals surface area contributed by atoms with Gasteiger partial charge in [0.15, 0.2) is 5.78 Å². The average Bonchev–Trinajstić information content (AvgIpc) is 3.47. The largest absolute Gasteiger partial charge is 0.322 e. The molecule has 2 aromatic carbocycles. The van der Waals surface area contributed by atoms with Crippen LogP contribution < -0.4 is 0 Å². The maximum Gasteiger partial charge on any atom is 0.187 e. The van der Waals surface area contributed by atoms with Crippen molar-refractivity contribution in [2.75, 3.05) is 0 Å². The second-order valence-corrected chi connectivity index (χ2v) is 11.9. The zero-order valence-electron chi connectivity index (χ0n) is 23.6. The summed E-state index contributed by atoms with van der Waals surface area (Å²) in [6.07, 6.45) is 23.1. The van der Waals surface area contributed by atoms with E-state index >= 15 is 0 Å². The molecule has 0 N–H and O–H groups in total. The van der Waals surface area contributed by atoms with Crippen molar-refractivity contribution in [3.8, 4) is 0 Å². The first kappa shape index (κ1) is 26.7. The van der Waals surface area contributed by atoms with Crippen LogP contribution >= 0.6 is 0 Å². The molecule has 0 bridgehead atoms. The highest BCUT2D eigenvalue weighted by atomic mass is 16.1. The van der Waals surface area contributed by atoms with Crippen LogP contribution in [0.4, 0.5) is 0 Å². The summed E-state index contributed by atoms with van der Waals surface area (Å²) in [6, 6.07) is 19.5. The molecule has 2 fully saturated rings. The number of hydrogen-bond acceptors (Lipinski definition) is 3. The van der Waals surface area contributed by atoms with E-state index in [9.17, 15) is 4.79 Å². The Morgan fingerprint density at radius 3 is 1.32 bits per heavy atom. The van der Waals surface area contributed by atoms with Crippen LogP contribution in [0.1, 0.15) is 123 Å². The van der Waals surface area contributed by atoms with E-state index in [1.807, 2.05) is 49.1 Å². The van der Waals surface area contributed by atoms with Crippen LogP contribution in [0.15, 0.2) is 85.7 Å². The zero-order valence-corrected chi connectivity index (χ0v) is 23.6. The van der Waals surface area contributed by atoms with Gasteiger partial charge in [0.25, 0.3) is 0 Å². The number of benzene rings is 2. The molecule has 0 amide bonds. The molecule has 2 aromatic heterocycles. The van der Waals surface area contributed by atoms with Gasteiger partial charge in [-0.15, -0.1) is 0 Å². The SMILES string of the molecule is O=C(C(c1ccccc1)n1cnc(C2CCCCCC2)c1)C(c1ccccc1)n1cnc(C2CCCCCC2)c1. The molecule has 2 atom stereocenters. The van der Waals surface area contributed by atoms with Gasteiger partial charge >= 0.3 is 0 Å². The minimum absolute atomic E-state index is 0.132. The molecule has 2 heterocycles. The highest BCUT2D eigenvalue weighted by molar-refractivity contribution is 5.91. The Labute approximate surface area is 238 Å². The Bertz CT molecular complexity index is 1240. The van der Waals surface area contributed by atoms with E-state index in [-0.39, 0.29) is 5.78 Å². The van der Waals surface area contributed by atoms with Crippen molar-refractivity contribution in [2.45, 2.75) is 101 Å². The van der Waals surface area contributed by atoms with Crippen LogP contribution in [0.25, 0.3) is 0 Å². The average molecular weight is 535 g/mol. The third-order valence-electron chi connectivity index (χ3n) is 9.16. The van der Waals surface area contributed by atoms with E-state index in [1.165, 1.54) is 77.0 Å². The van der Waals surface area contributed by atoms with Gasteiger partial charge < -0.3 is 9.13 Å². The van der Waals surface area contributed by atoms with Gasteiger partial charge in [0, 0.05) is 24.2 Å². The Morgan fingerprint density at radius 2 is 0.950 bits per heavy atom. The van der Waals surface area contributed by atoms with Gasteiger partial charge in [-0.1, -0.05) is 112 Å². The van der Waals surface area contributed by atoms with Crippen molar-refractivity contribution >= 4 is 5.78 Å². The van der Waals surface area contributed by atoms with Gasteiger partial charge in [0.1, 0.15) is 12.1 Å². The summed E-state index contributed by atoms with van der Waals surface area (Å²) in [5.74, 6) is 1.10. The predicted molar refractivity (Wildman–Crippen MR) is 160 cm³/mol. The molecule has 0 spiro atoms. The fourth-order valence-corrected chi connectivity index (χ4v) is 6.95. The number of imidazole rings is 2. The first-order chi connectivity index (χ1) is 19.8. The van der Waals surface area contributed by atoms with Crippen molar-refractivity contribution in [3.05, 3.63) is 108 Å². The Hall–Kier alpha value is -3.47. The smallest absolute Gasteiger partial charge is 0.187 e. The van der Waals surface area contributed by atoms with Crippen LogP contribution in [-0.2, 0) is 4.79 Å². The number of ketones is 1. The fraction of sp³-hybridized carbons (Fsp3) is 0.457. The summed E-state index contributed by atoms with van der Waals surface area (Å²) >= 11 is 0. The van der Waals surface area contributed by atoms with E-state index in [4.69, 9.17) is 9.97 Å². The highest BCUT2D eigenvalue weighted by Gasteiger charge is 2.33. The number of carbonyl (C=O) groups is 1. The minimum Gasteiger partial charge on any atom is -0.322 e. The molecule has 0 aliphatic heterocycles. The molecule has 6 rings (SSSR count). The third kappa shape index (κ3) is 5.99. The van der Waals surface area contributed by atoms with Gasteiger partial charge in [-0.2, -0.15) is 0 Å². The summed E-state index contributed by atoms with van der Waals surface area (Å²) < 4.78 is 4.13. The van der Waals surface area contributed by atoms with Crippen molar-refractivity contribution in [3.63, 3.8) is 0 Å². The maximum absolute atomic E-state index is 14.8. The van der Waals surface area contributed by atoms with Crippen molar-refractivity contribution in [1.29, 1.82) is 0 Å². The highest BCUT2D eigenvalue weighted by Crippen LogP contribution is 2.35. The van der Waals surface area contributed by atoms with E-state index in [1.54, 1.807) is 0 Å². The fourth-order valence-electron chi connectivity index (χ4n) is 6.95. The van der Waals surface area contributed by atoms with E-state index < -0.39 is 12.1 Å². The number of Topliss-reactive ketones (excluding diaryl/α,β-unsaturated/α-hetero) is 1. The Morgan fingerprint density at radius 1 is 0.575 bits per heavy atom. The molecule has 40 heavy (non-hydrogen) atoms. The molecule has 0 radical (unpaired) electrons. The molecular weight excluding hydrogens is 492 g/mol. The van der Waals surface area contributed by atoms with E-state index in [2.05, 4.69) is 45.8 Å². The van der Waals surface area contributed by atoms with Gasteiger partial charge in [-0.3, -0.25) is 4.79 Å². The monoisotopic (exact) mass is 534 g/mol. The second kappa shape index (κ2) is 12.8. The van der Waals surface area contributed by atoms with E-state index in [0.29, 0.717) is 11.8 Å². The maximum atomic E-state index is 14.8. The summed E-state index contributed by atoms with van der Waals surface area (Å²) in [5.41, 5.74) is 4.24. The van der Waals surface area contributed by atoms with Crippen molar-refractivity contribution in [1.82, 2.24) is 19.1 Å². The molecule has 4 aromatic rings. The van der Waals surface area contributed by atoms with Crippen LogP contribution in [0.5, 0.6) is 0 Å². The second-order valence-electron chi connectivity index (χ2n) is 11.9. The lowest BCUT2D eigenvalue weighted by Crippen LogP contribution is -2.29. The van der Waals surface area contributed by atoms with Crippen LogP contribution in [0.3, 0.4) is 0 Å². The molecule has 2 aliphatic rings. The summed E-state index contributed by atoms with van der Waals surface area (Å²) in [4.78, 5) is 24.6. The number of carbonyl (C=O) groups excluding carboxylic acids is 1. The summed E-state index contributed by atoms with van der Waals surface area (Å²) in [7, 11) is 0. The van der Waals surface area contributed by atoms with Crippen LogP contribution in [-0.4, -0.2) is 24.9 Å². The Balaban J connectivity index is 1.37. The number of rotatable bonds is 8. The first-order valence-corrected chi connectivity index (χ1v) is 15.5. The molecular formula is C35H42N4O. The van der Waals surface area contributed by atoms with E-state index in [0.717, 1.165) is 22.5 Å². The minimum atomic E-state index is -0.470. The topological polar surface area (TPSA) is 52.7 Å². The zero-order chi connectivity index (χ0) is 27.1. The number of nitrogens with zero attached hydrogens (tertiary/aromatic N) is 4. The normalized spacial score (nSPS) is 19.0. The van der Waals surface area contributed by atoms with Gasteiger partial charge in [0.05, 0.1) is 24.0 Å². The molecule has 2 unspecified atom stereocenters. The lowest BCUT2D eigenvalue weighted by atomic mass is 9.92. The molecule has 5 heteroatoms. The van der Waals surface area contributed by atoms with Crippen molar-refractivity contribution in [2.24, 2.45) is 0 Å². The number of aromatic nitrogens is 4. The molecule has 0 saturated heterocycles. The van der Waals surface area contributed by atoms with Gasteiger partial charge in [-0.25, -0.2) is 9.97 Å². The van der Waals surface area contributed by atoms with Gasteiger partial charge in [-0.05, 0) is 36.8 Å². The Kier molecular flexibility index (Phi) is 8.56.